The van der Waals surface area contributed by atoms with E-state index in [-0.39, 0.29) is 12.5 Å². The number of nitrogens with zero attached hydrogens (tertiary/aromatic N) is 3. The number of aryl methyl sites for hydroxylation is 2. The Hall–Kier alpha value is -1.64. The predicted molar refractivity (Wildman–Crippen MR) is 72.0 cm³/mol. The summed E-state index contributed by atoms with van der Waals surface area (Å²) in [6.07, 6.45) is 0. The van der Waals surface area contributed by atoms with Crippen LogP contribution < -0.4 is 4.90 Å². The molecule has 19 heavy (non-hydrogen) atoms. The lowest BCUT2D eigenvalue weighted by Gasteiger charge is -2.25. The maximum Gasteiger partial charge on any atom is 0.147 e. The van der Waals surface area contributed by atoms with Gasteiger partial charge < -0.3 is 14.7 Å². The summed E-state index contributed by atoms with van der Waals surface area (Å²) < 4.78 is 5.47. The van der Waals surface area contributed by atoms with Gasteiger partial charge in [0.2, 0.25) is 0 Å². The summed E-state index contributed by atoms with van der Waals surface area (Å²) in [7, 11) is 0. The van der Waals surface area contributed by atoms with Gasteiger partial charge in [-0.3, -0.25) is 0 Å². The average Bonchev–Trinajstić information content (AvgIpc) is 2.63. The zero-order chi connectivity index (χ0) is 13.8. The van der Waals surface area contributed by atoms with Crippen molar-refractivity contribution in [3.63, 3.8) is 0 Å². The molecule has 1 aliphatic rings. The Labute approximate surface area is 113 Å². The average molecular weight is 261 g/mol. The fraction of sp³-hybridized carbons (Fsp3) is 0.571. The lowest BCUT2D eigenvalue weighted by Crippen LogP contribution is -2.33. The van der Waals surface area contributed by atoms with Gasteiger partial charge in [-0.1, -0.05) is 0 Å². The van der Waals surface area contributed by atoms with Gasteiger partial charge >= 0.3 is 0 Å². The molecule has 1 aromatic rings. The summed E-state index contributed by atoms with van der Waals surface area (Å²) in [5, 5.41) is 18.6. The van der Waals surface area contributed by atoms with E-state index in [4.69, 9.17) is 4.74 Å². The van der Waals surface area contributed by atoms with Crippen molar-refractivity contribution < 1.29 is 9.84 Å². The van der Waals surface area contributed by atoms with E-state index in [1.165, 1.54) is 0 Å². The van der Waals surface area contributed by atoms with E-state index in [2.05, 4.69) is 11.1 Å². The minimum absolute atomic E-state index is 0.0664. The van der Waals surface area contributed by atoms with Gasteiger partial charge in [0.15, 0.2) is 0 Å². The van der Waals surface area contributed by atoms with Crippen LogP contribution in [0, 0.1) is 31.1 Å². The molecule has 1 N–H and O–H groups in total. The van der Waals surface area contributed by atoms with Gasteiger partial charge in [-0.2, -0.15) is 5.26 Å². The number of nitriles is 1. The number of hydrogen-bond acceptors (Lipinski definition) is 5. The molecular weight excluding hydrogens is 242 g/mol. The molecule has 5 nitrogen and oxygen atoms in total. The van der Waals surface area contributed by atoms with Crippen LogP contribution in [0.2, 0.25) is 0 Å². The molecule has 0 spiro atoms. The summed E-state index contributed by atoms with van der Waals surface area (Å²) in [6, 6.07) is 4.15. The Bertz CT molecular complexity index is 496. The lowest BCUT2D eigenvalue weighted by atomic mass is 10.1. The van der Waals surface area contributed by atoms with E-state index in [0.29, 0.717) is 37.7 Å². The highest BCUT2D eigenvalue weighted by molar-refractivity contribution is 5.58. The van der Waals surface area contributed by atoms with Crippen molar-refractivity contribution in [3.8, 4) is 6.07 Å². The molecule has 5 heteroatoms. The molecule has 2 rings (SSSR count). The van der Waals surface area contributed by atoms with Gasteiger partial charge in [-0.15, -0.1) is 0 Å². The van der Waals surface area contributed by atoms with Crippen LogP contribution in [0.3, 0.4) is 0 Å². The largest absolute Gasteiger partial charge is 0.396 e. The Morgan fingerprint density at radius 3 is 3.05 bits per heavy atom. The summed E-state index contributed by atoms with van der Waals surface area (Å²) in [6.45, 7) is 6.45. The highest BCUT2D eigenvalue weighted by Gasteiger charge is 2.22. The highest BCUT2D eigenvalue weighted by atomic mass is 16.5. The maximum absolute atomic E-state index is 9.32. The molecule has 0 aliphatic carbocycles. The second-order valence-corrected chi connectivity index (χ2v) is 4.96. The van der Waals surface area contributed by atoms with E-state index in [1.807, 2.05) is 24.8 Å². The zero-order valence-electron chi connectivity index (χ0n) is 11.4. The third kappa shape index (κ3) is 3.03. The van der Waals surface area contributed by atoms with Crippen LogP contribution >= 0.6 is 0 Å². The van der Waals surface area contributed by atoms with Crippen molar-refractivity contribution in [1.29, 1.82) is 5.26 Å². The fourth-order valence-electron chi connectivity index (χ4n) is 2.37. The first kappa shape index (κ1) is 13.8. The van der Waals surface area contributed by atoms with Crippen molar-refractivity contribution in [3.05, 3.63) is 22.9 Å². The summed E-state index contributed by atoms with van der Waals surface area (Å²) in [4.78, 5) is 6.55. The van der Waals surface area contributed by atoms with E-state index in [1.54, 1.807) is 0 Å². The minimum Gasteiger partial charge on any atom is -0.396 e. The second kappa shape index (κ2) is 6.00. The first-order chi connectivity index (χ1) is 9.15. The zero-order valence-corrected chi connectivity index (χ0v) is 11.4. The minimum atomic E-state index is 0.0664. The molecule has 0 radical (unpaired) electrons. The maximum atomic E-state index is 9.32. The molecule has 0 amide bonds. The molecule has 102 valence electrons. The number of aliphatic hydroxyl groups is 1. The van der Waals surface area contributed by atoms with E-state index >= 15 is 0 Å². The van der Waals surface area contributed by atoms with Gasteiger partial charge in [-0.05, 0) is 25.5 Å². The number of anilines is 1. The molecule has 1 aromatic heterocycles. The molecule has 1 atom stereocenters. The van der Waals surface area contributed by atoms with Crippen LogP contribution in [-0.2, 0) is 4.74 Å². The number of ether oxygens (including phenoxy) is 1. The van der Waals surface area contributed by atoms with Crippen molar-refractivity contribution in [2.24, 2.45) is 5.92 Å². The molecule has 0 bridgehead atoms. The van der Waals surface area contributed by atoms with E-state index < -0.39 is 0 Å². The molecule has 2 heterocycles. The topological polar surface area (TPSA) is 69.4 Å². The number of aliphatic hydroxyl groups excluding tert-OH is 1. The summed E-state index contributed by atoms with van der Waals surface area (Å²) in [5.41, 5.74) is 2.46. The SMILES string of the molecule is Cc1cc(C)c(C#N)c(N2CCOC[C@@H](CO)C2)n1. The third-order valence-corrected chi connectivity index (χ3v) is 3.33. The molecule has 0 aromatic carbocycles. The quantitative estimate of drug-likeness (QED) is 0.860. The second-order valence-electron chi connectivity index (χ2n) is 4.96. The molecule has 0 unspecified atom stereocenters. The lowest BCUT2D eigenvalue weighted by molar-refractivity contribution is 0.0959. The molecule has 0 saturated carbocycles. The van der Waals surface area contributed by atoms with Crippen LogP contribution in [0.1, 0.15) is 16.8 Å². The Morgan fingerprint density at radius 1 is 1.58 bits per heavy atom. The summed E-state index contributed by atoms with van der Waals surface area (Å²) in [5.74, 6) is 0.778. The third-order valence-electron chi connectivity index (χ3n) is 3.33. The Kier molecular flexibility index (Phi) is 4.35. The first-order valence-corrected chi connectivity index (χ1v) is 6.47. The van der Waals surface area contributed by atoms with Crippen molar-refractivity contribution in [2.75, 3.05) is 37.8 Å². The van der Waals surface area contributed by atoms with Gasteiger partial charge in [-0.25, -0.2) is 4.98 Å². The van der Waals surface area contributed by atoms with E-state index in [9.17, 15) is 10.4 Å². The molecule has 1 fully saturated rings. The smallest absolute Gasteiger partial charge is 0.147 e. The van der Waals surface area contributed by atoms with Gasteiger partial charge in [0, 0.05) is 31.3 Å². The Morgan fingerprint density at radius 2 is 2.37 bits per heavy atom. The molecule has 1 saturated heterocycles. The monoisotopic (exact) mass is 261 g/mol. The van der Waals surface area contributed by atoms with Gasteiger partial charge in [0.25, 0.3) is 0 Å². The van der Waals surface area contributed by atoms with Crippen molar-refractivity contribution in [2.45, 2.75) is 13.8 Å². The van der Waals surface area contributed by atoms with Crippen LogP contribution in [0.25, 0.3) is 0 Å². The number of rotatable bonds is 2. The number of hydrogen-bond donors (Lipinski definition) is 1. The standard InChI is InChI=1S/C14H19N3O2/c1-10-5-11(2)16-14(13(10)6-15)17-3-4-19-9-12(7-17)8-18/h5,12,18H,3-4,7-9H2,1-2H3/t12-/m1/s1. The highest BCUT2D eigenvalue weighted by Crippen LogP contribution is 2.23. The van der Waals surface area contributed by atoms with Crippen molar-refractivity contribution >= 4 is 5.82 Å². The first-order valence-electron chi connectivity index (χ1n) is 6.47. The van der Waals surface area contributed by atoms with Crippen LogP contribution in [0.15, 0.2) is 6.07 Å². The number of aromatic nitrogens is 1. The van der Waals surface area contributed by atoms with Crippen molar-refractivity contribution in [1.82, 2.24) is 4.98 Å². The van der Waals surface area contributed by atoms with E-state index in [0.717, 1.165) is 11.3 Å². The van der Waals surface area contributed by atoms with Gasteiger partial charge in [0.05, 0.1) is 18.8 Å². The summed E-state index contributed by atoms with van der Waals surface area (Å²) >= 11 is 0. The number of pyridine rings is 1. The Balaban J connectivity index is 2.37. The van der Waals surface area contributed by atoms with Crippen LogP contribution in [0.5, 0.6) is 0 Å². The normalized spacial score (nSPS) is 19.9. The fourth-order valence-corrected chi connectivity index (χ4v) is 2.37. The van der Waals surface area contributed by atoms with Gasteiger partial charge in [0.1, 0.15) is 11.9 Å². The molecule has 1 aliphatic heterocycles. The van der Waals surface area contributed by atoms with Crippen LogP contribution in [0.4, 0.5) is 5.82 Å². The predicted octanol–water partition coefficient (Wildman–Crippen LogP) is 1.02. The van der Waals surface area contributed by atoms with Crippen LogP contribution in [-0.4, -0.2) is 43.0 Å². The molecular formula is C14H19N3O2.